The maximum atomic E-state index is 10.1. The molecule has 0 unspecified atom stereocenters. The summed E-state index contributed by atoms with van der Waals surface area (Å²) in [6.07, 6.45) is 0. The first-order valence-electron chi connectivity index (χ1n) is 6.74. The number of aromatic hydroxyl groups is 1. The molecule has 0 aliphatic heterocycles. The van der Waals surface area contributed by atoms with E-state index in [1.165, 1.54) is 0 Å². The Kier molecular flexibility index (Phi) is 3.65. The lowest BCUT2D eigenvalue weighted by Crippen LogP contribution is -1.98. The monoisotopic (exact) mass is 280 g/mol. The van der Waals surface area contributed by atoms with Crippen LogP contribution in [0.4, 0.5) is 0 Å². The van der Waals surface area contributed by atoms with Gasteiger partial charge in [0.05, 0.1) is 7.11 Å². The Hall–Kier alpha value is -2.68. The minimum absolute atomic E-state index is 0.142. The van der Waals surface area contributed by atoms with Gasteiger partial charge in [0, 0.05) is 5.56 Å². The molecule has 0 saturated heterocycles. The molecule has 0 aliphatic rings. The topological polar surface area (TPSA) is 38.7 Å². The first-order chi connectivity index (χ1) is 10.3. The van der Waals surface area contributed by atoms with E-state index in [-0.39, 0.29) is 5.75 Å². The van der Waals surface area contributed by atoms with Gasteiger partial charge in [0.25, 0.3) is 0 Å². The van der Waals surface area contributed by atoms with Gasteiger partial charge in [0.1, 0.15) is 12.4 Å². The summed E-state index contributed by atoms with van der Waals surface area (Å²) in [5.74, 6) is 1.39. The Balaban J connectivity index is 1.86. The van der Waals surface area contributed by atoms with Gasteiger partial charge in [-0.25, -0.2) is 0 Å². The van der Waals surface area contributed by atoms with E-state index < -0.39 is 0 Å². The number of para-hydroxylation sites is 1. The highest BCUT2D eigenvalue weighted by molar-refractivity contribution is 5.85. The van der Waals surface area contributed by atoms with Crippen molar-refractivity contribution < 1.29 is 14.6 Å². The van der Waals surface area contributed by atoms with Gasteiger partial charge in [0.2, 0.25) is 0 Å². The Bertz CT molecular complexity index is 765. The fraction of sp³-hybridized carbons (Fsp3) is 0.111. The van der Waals surface area contributed by atoms with Crippen molar-refractivity contribution >= 4 is 10.8 Å². The lowest BCUT2D eigenvalue weighted by molar-refractivity contribution is 0.282. The molecule has 0 fully saturated rings. The van der Waals surface area contributed by atoms with E-state index >= 15 is 0 Å². The molecule has 3 nitrogen and oxygen atoms in total. The summed E-state index contributed by atoms with van der Waals surface area (Å²) in [6, 6.07) is 19.1. The molecule has 0 atom stereocenters. The highest BCUT2D eigenvalue weighted by Gasteiger charge is 2.07. The van der Waals surface area contributed by atoms with Crippen molar-refractivity contribution in [1.29, 1.82) is 0 Å². The summed E-state index contributed by atoms with van der Waals surface area (Å²) in [5.41, 5.74) is 0.938. The molecule has 21 heavy (non-hydrogen) atoms. The maximum Gasteiger partial charge on any atom is 0.162 e. The van der Waals surface area contributed by atoms with Crippen LogP contribution in [0.5, 0.6) is 17.2 Å². The molecule has 0 radical (unpaired) electrons. The largest absolute Gasteiger partial charge is 0.504 e. The molecule has 0 aliphatic carbocycles. The minimum atomic E-state index is 0.142. The Labute approximate surface area is 123 Å². The second-order valence-electron chi connectivity index (χ2n) is 4.77. The number of ether oxygens (including phenoxy) is 2. The van der Waals surface area contributed by atoms with Crippen LogP contribution in [0.2, 0.25) is 0 Å². The minimum Gasteiger partial charge on any atom is -0.504 e. The Morgan fingerprint density at radius 1 is 0.857 bits per heavy atom. The zero-order chi connectivity index (χ0) is 14.7. The third kappa shape index (κ3) is 2.77. The van der Waals surface area contributed by atoms with E-state index in [1.54, 1.807) is 13.2 Å². The molecular weight excluding hydrogens is 264 g/mol. The van der Waals surface area contributed by atoms with Crippen molar-refractivity contribution in [2.24, 2.45) is 0 Å². The van der Waals surface area contributed by atoms with Crippen LogP contribution in [-0.2, 0) is 6.61 Å². The summed E-state index contributed by atoms with van der Waals surface area (Å²) in [4.78, 5) is 0. The maximum absolute atomic E-state index is 10.1. The molecule has 0 bridgehead atoms. The van der Waals surface area contributed by atoms with Gasteiger partial charge >= 0.3 is 0 Å². The van der Waals surface area contributed by atoms with Gasteiger partial charge in [-0.3, -0.25) is 0 Å². The summed E-state index contributed by atoms with van der Waals surface area (Å²) >= 11 is 0. The molecule has 3 heteroatoms. The van der Waals surface area contributed by atoms with Crippen LogP contribution in [0, 0.1) is 0 Å². The second-order valence-corrected chi connectivity index (χ2v) is 4.77. The number of phenols is 1. The summed E-state index contributed by atoms with van der Waals surface area (Å²) in [6.45, 7) is 0.343. The third-order valence-corrected chi connectivity index (χ3v) is 3.40. The van der Waals surface area contributed by atoms with Gasteiger partial charge in [-0.05, 0) is 29.0 Å². The summed E-state index contributed by atoms with van der Waals surface area (Å²) in [5, 5.41) is 12.1. The molecule has 0 aromatic heterocycles. The van der Waals surface area contributed by atoms with Gasteiger partial charge in [0.15, 0.2) is 11.5 Å². The van der Waals surface area contributed by atoms with E-state index in [0.29, 0.717) is 12.4 Å². The number of hydrogen-bond acceptors (Lipinski definition) is 3. The van der Waals surface area contributed by atoms with Crippen LogP contribution in [0.3, 0.4) is 0 Å². The van der Waals surface area contributed by atoms with Crippen LogP contribution in [-0.4, -0.2) is 12.2 Å². The van der Waals surface area contributed by atoms with Crippen molar-refractivity contribution in [1.82, 2.24) is 0 Å². The van der Waals surface area contributed by atoms with Crippen molar-refractivity contribution in [2.75, 3.05) is 7.11 Å². The van der Waals surface area contributed by atoms with E-state index in [9.17, 15) is 5.11 Å². The molecule has 0 amide bonds. The highest BCUT2D eigenvalue weighted by atomic mass is 16.5. The van der Waals surface area contributed by atoms with Crippen LogP contribution < -0.4 is 9.47 Å². The quantitative estimate of drug-likeness (QED) is 0.781. The van der Waals surface area contributed by atoms with E-state index in [4.69, 9.17) is 9.47 Å². The van der Waals surface area contributed by atoms with Gasteiger partial charge in [-0.1, -0.05) is 42.5 Å². The second kappa shape index (κ2) is 5.75. The molecule has 106 valence electrons. The first kappa shape index (κ1) is 13.3. The average Bonchev–Trinajstić information content (AvgIpc) is 2.53. The molecule has 3 aromatic carbocycles. The van der Waals surface area contributed by atoms with Gasteiger partial charge < -0.3 is 14.6 Å². The van der Waals surface area contributed by atoms with Crippen molar-refractivity contribution in [2.45, 2.75) is 6.61 Å². The highest BCUT2D eigenvalue weighted by Crippen LogP contribution is 2.32. The summed E-state index contributed by atoms with van der Waals surface area (Å²) in [7, 11) is 1.63. The summed E-state index contributed by atoms with van der Waals surface area (Å²) < 4.78 is 11.0. The lowest BCUT2D eigenvalue weighted by atomic mass is 10.1. The van der Waals surface area contributed by atoms with Gasteiger partial charge in [-0.2, -0.15) is 0 Å². The van der Waals surface area contributed by atoms with Crippen LogP contribution in [0.25, 0.3) is 10.8 Å². The van der Waals surface area contributed by atoms with Crippen LogP contribution >= 0.6 is 0 Å². The predicted molar refractivity (Wildman–Crippen MR) is 82.9 cm³/mol. The SMILES string of the molecule is COc1ccccc1COc1cc2ccccc2cc1O. The van der Waals surface area contributed by atoms with Crippen molar-refractivity contribution in [3.05, 3.63) is 66.2 Å². The van der Waals surface area contributed by atoms with E-state index in [0.717, 1.165) is 22.1 Å². The Morgan fingerprint density at radius 2 is 1.52 bits per heavy atom. The zero-order valence-corrected chi connectivity index (χ0v) is 11.7. The van der Waals surface area contributed by atoms with Crippen molar-refractivity contribution in [3.63, 3.8) is 0 Å². The number of fused-ring (bicyclic) bond motifs is 1. The molecular formula is C18H16O3. The molecule has 3 rings (SSSR count). The number of phenolic OH excluding ortho intramolecular Hbond substituents is 1. The smallest absolute Gasteiger partial charge is 0.162 e. The number of benzene rings is 3. The predicted octanol–water partition coefficient (Wildman–Crippen LogP) is 4.13. The van der Waals surface area contributed by atoms with E-state index in [1.807, 2.05) is 54.6 Å². The average molecular weight is 280 g/mol. The molecule has 0 heterocycles. The number of hydrogen-bond donors (Lipinski definition) is 1. The van der Waals surface area contributed by atoms with Gasteiger partial charge in [-0.15, -0.1) is 0 Å². The third-order valence-electron chi connectivity index (χ3n) is 3.40. The van der Waals surface area contributed by atoms with Crippen LogP contribution in [0.15, 0.2) is 60.7 Å². The standard InChI is InChI=1S/C18H16O3/c1-20-17-9-5-4-8-15(17)12-21-18-11-14-7-3-2-6-13(14)10-16(18)19/h2-11,19H,12H2,1H3. The first-order valence-corrected chi connectivity index (χ1v) is 6.74. The zero-order valence-electron chi connectivity index (χ0n) is 11.7. The fourth-order valence-electron chi connectivity index (χ4n) is 2.30. The molecule has 3 aromatic rings. The number of rotatable bonds is 4. The Morgan fingerprint density at radius 3 is 2.29 bits per heavy atom. The molecule has 0 spiro atoms. The molecule has 1 N–H and O–H groups in total. The lowest BCUT2D eigenvalue weighted by Gasteiger charge is -2.12. The normalized spacial score (nSPS) is 10.5. The number of methoxy groups -OCH3 is 1. The van der Waals surface area contributed by atoms with Crippen LogP contribution in [0.1, 0.15) is 5.56 Å². The van der Waals surface area contributed by atoms with E-state index in [2.05, 4.69) is 0 Å². The van der Waals surface area contributed by atoms with Crippen molar-refractivity contribution in [3.8, 4) is 17.2 Å². The fourth-order valence-corrected chi connectivity index (χ4v) is 2.30. The molecule has 0 saturated carbocycles.